The summed E-state index contributed by atoms with van der Waals surface area (Å²) in [5.74, 6) is 0.0965. The number of aromatic nitrogens is 2. The van der Waals surface area contributed by atoms with Crippen LogP contribution < -0.4 is 4.90 Å². The Balaban J connectivity index is 1.64. The largest absolute Gasteiger partial charge is 0.352 e. The molecular weight excluding hydrogens is 297 g/mol. The van der Waals surface area contributed by atoms with Crippen LogP contribution in [-0.4, -0.2) is 47.2 Å². The zero-order valence-electron chi connectivity index (χ0n) is 12.3. The number of nitrogens with zero attached hydrogens (tertiary/aromatic N) is 5. The number of hydrogen-bond donors (Lipinski definition) is 0. The minimum Gasteiger partial charge on any atom is -0.352 e. The Hall–Kier alpha value is -3.01. The Labute approximate surface area is 132 Å². The number of piperazine rings is 1. The summed E-state index contributed by atoms with van der Waals surface area (Å²) < 4.78 is 13.2. The topological polar surface area (TPSA) is 73.1 Å². The standard InChI is InChI=1S/C16H14FN5O/c17-13-3-1-2-12(10-13)16(23)22-8-6-21(7-9-22)15-5-4-14(11-18)19-20-15/h1-5,10H,6-9H2. The molecule has 7 heteroatoms. The van der Waals surface area contributed by atoms with E-state index in [0.29, 0.717) is 37.6 Å². The lowest BCUT2D eigenvalue weighted by Gasteiger charge is -2.35. The minimum absolute atomic E-state index is 0.171. The summed E-state index contributed by atoms with van der Waals surface area (Å²) in [6.07, 6.45) is 0. The van der Waals surface area contributed by atoms with Crippen LogP contribution >= 0.6 is 0 Å². The van der Waals surface area contributed by atoms with Crippen molar-refractivity contribution in [1.82, 2.24) is 15.1 Å². The van der Waals surface area contributed by atoms with Gasteiger partial charge in [0.25, 0.3) is 5.91 Å². The van der Waals surface area contributed by atoms with Crippen LogP contribution in [0.4, 0.5) is 10.2 Å². The number of carbonyl (C=O) groups excluding carboxylic acids is 1. The molecule has 0 N–H and O–H groups in total. The Morgan fingerprint density at radius 3 is 2.52 bits per heavy atom. The predicted molar refractivity (Wildman–Crippen MR) is 81.3 cm³/mol. The lowest BCUT2D eigenvalue weighted by Crippen LogP contribution is -2.49. The number of anilines is 1. The molecule has 1 fully saturated rings. The lowest BCUT2D eigenvalue weighted by molar-refractivity contribution is 0.0746. The van der Waals surface area contributed by atoms with Crippen molar-refractivity contribution in [3.63, 3.8) is 0 Å². The number of hydrogen-bond acceptors (Lipinski definition) is 5. The quantitative estimate of drug-likeness (QED) is 0.839. The van der Waals surface area contributed by atoms with E-state index in [9.17, 15) is 9.18 Å². The molecule has 0 aliphatic carbocycles. The number of carbonyl (C=O) groups is 1. The van der Waals surface area contributed by atoms with Gasteiger partial charge in [-0.3, -0.25) is 4.79 Å². The Morgan fingerprint density at radius 1 is 1.13 bits per heavy atom. The van der Waals surface area contributed by atoms with Crippen molar-refractivity contribution in [3.8, 4) is 6.07 Å². The van der Waals surface area contributed by atoms with Crippen LogP contribution in [-0.2, 0) is 0 Å². The van der Waals surface area contributed by atoms with Gasteiger partial charge in [-0.2, -0.15) is 5.26 Å². The van der Waals surface area contributed by atoms with Crippen LogP contribution in [0.25, 0.3) is 0 Å². The second-order valence-corrected chi connectivity index (χ2v) is 5.18. The van der Waals surface area contributed by atoms with Gasteiger partial charge in [-0.05, 0) is 30.3 Å². The maximum absolute atomic E-state index is 13.2. The van der Waals surface area contributed by atoms with Gasteiger partial charge < -0.3 is 9.80 Å². The monoisotopic (exact) mass is 311 g/mol. The van der Waals surface area contributed by atoms with E-state index in [1.807, 2.05) is 11.0 Å². The van der Waals surface area contributed by atoms with E-state index in [-0.39, 0.29) is 11.6 Å². The Kier molecular flexibility index (Phi) is 4.15. The first-order valence-electron chi connectivity index (χ1n) is 7.21. The highest BCUT2D eigenvalue weighted by Crippen LogP contribution is 2.15. The molecule has 0 bridgehead atoms. The lowest BCUT2D eigenvalue weighted by atomic mass is 10.1. The van der Waals surface area contributed by atoms with Crippen LogP contribution in [0.2, 0.25) is 0 Å². The first-order valence-corrected chi connectivity index (χ1v) is 7.21. The molecule has 116 valence electrons. The van der Waals surface area contributed by atoms with Crippen molar-refractivity contribution < 1.29 is 9.18 Å². The summed E-state index contributed by atoms with van der Waals surface area (Å²) in [7, 11) is 0. The molecular formula is C16H14FN5O. The van der Waals surface area contributed by atoms with E-state index in [4.69, 9.17) is 5.26 Å². The van der Waals surface area contributed by atoms with Gasteiger partial charge >= 0.3 is 0 Å². The molecule has 6 nitrogen and oxygen atoms in total. The number of rotatable bonds is 2. The average Bonchev–Trinajstić information content (AvgIpc) is 2.61. The molecule has 1 amide bonds. The highest BCUT2D eigenvalue weighted by Gasteiger charge is 2.23. The molecule has 0 atom stereocenters. The molecule has 2 heterocycles. The highest BCUT2D eigenvalue weighted by atomic mass is 19.1. The van der Waals surface area contributed by atoms with Crippen molar-refractivity contribution in [2.24, 2.45) is 0 Å². The van der Waals surface area contributed by atoms with Gasteiger partial charge in [0.05, 0.1) is 0 Å². The third-order valence-electron chi connectivity index (χ3n) is 3.73. The molecule has 1 aliphatic heterocycles. The number of benzene rings is 1. The maximum Gasteiger partial charge on any atom is 0.254 e. The van der Waals surface area contributed by atoms with E-state index in [2.05, 4.69) is 10.2 Å². The molecule has 23 heavy (non-hydrogen) atoms. The van der Waals surface area contributed by atoms with Crippen molar-refractivity contribution in [3.05, 3.63) is 53.5 Å². The molecule has 0 radical (unpaired) electrons. The van der Waals surface area contributed by atoms with E-state index >= 15 is 0 Å². The summed E-state index contributed by atoms with van der Waals surface area (Å²) in [6.45, 7) is 2.28. The van der Waals surface area contributed by atoms with E-state index in [0.717, 1.165) is 0 Å². The van der Waals surface area contributed by atoms with Crippen LogP contribution in [0.1, 0.15) is 16.1 Å². The summed E-state index contributed by atoms with van der Waals surface area (Å²) in [4.78, 5) is 16.1. The molecule has 1 aromatic carbocycles. The van der Waals surface area contributed by atoms with Gasteiger partial charge in [0.15, 0.2) is 11.5 Å². The van der Waals surface area contributed by atoms with Crippen LogP contribution in [0.3, 0.4) is 0 Å². The third-order valence-corrected chi connectivity index (χ3v) is 3.73. The van der Waals surface area contributed by atoms with Crippen LogP contribution in [0.5, 0.6) is 0 Å². The van der Waals surface area contributed by atoms with E-state index in [1.165, 1.54) is 18.2 Å². The van der Waals surface area contributed by atoms with Gasteiger partial charge in [0.1, 0.15) is 11.9 Å². The smallest absolute Gasteiger partial charge is 0.254 e. The molecule has 2 aromatic rings. The number of nitriles is 1. The zero-order valence-corrected chi connectivity index (χ0v) is 12.3. The molecule has 1 aromatic heterocycles. The van der Waals surface area contributed by atoms with Gasteiger partial charge in [0, 0.05) is 31.7 Å². The van der Waals surface area contributed by atoms with Gasteiger partial charge in [0.2, 0.25) is 0 Å². The SMILES string of the molecule is N#Cc1ccc(N2CCN(C(=O)c3cccc(F)c3)CC2)nn1. The molecule has 0 saturated carbocycles. The van der Waals surface area contributed by atoms with Crippen molar-refractivity contribution in [2.45, 2.75) is 0 Å². The van der Waals surface area contributed by atoms with Gasteiger partial charge in [-0.15, -0.1) is 10.2 Å². The fraction of sp³-hybridized carbons (Fsp3) is 0.250. The molecule has 0 spiro atoms. The van der Waals surface area contributed by atoms with E-state index in [1.54, 1.807) is 23.1 Å². The molecule has 3 rings (SSSR count). The van der Waals surface area contributed by atoms with Crippen molar-refractivity contribution in [1.29, 1.82) is 5.26 Å². The first kappa shape index (κ1) is 14.9. The average molecular weight is 311 g/mol. The Morgan fingerprint density at radius 2 is 1.91 bits per heavy atom. The minimum atomic E-state index is -0.414. The summed E-state index contributed by atoms with van der Waals surface area (Å²) in [5, 5.41) is 16.5. The second kappa shape index (κ2) is 6.40. The molecule has 1 saturated heterocycles. The third kappa shape index (κ3) is 3.26. The van der Waals surface area contributed by atoms with Crippen LogP contribution in [0.15, 0.2) is 36.4 Å². The number of halogens is 1. The second-order valence-electron chi connectivity index (χ2n) is 5.18. The number of amides is 1. The highest BCUT2D eigenvalue weighted by molar-refractivity contribution is 5.94. The molecule has 0 unspecified atom stereocenters. The van der Waals surface area contributed by atoms with E-state index < -0.39 is 5.82 Å². The normalized spacial score (nSPS) is 14.4. The summed E-state index contributed by atoms with van der Waals surface area (Å²) in [5.41, 5.74) is 0.630. The summed E-state index contributed by atoms with van der Waals surface area (Å²) >= 11 is 0. The summed E-state index contributed by atoms with van der Waals surface area (Å²) in [6, 6.07) is 11.0. The van der Waals surface area contributed by atoms with Crippen molar-refractivity contribution in [2.75, 3.05) is 31.1 Å². The predicted octanol–water partition coefficient (Wildman–Crippen LogP) is 1.45. The fourth-order valence-electron chi connectivity index (χ4n) is 2.50. The van der Waals surface area contributed by atoms with Gasteiger partial charge in [-0.1, -0.05) is 6.07 Å². The maximum atomic E-state index is 13.2. The molecule has 1 aliphatic rings. The Bertz CT molecular complexity index is 748. The zero-order chi connectivity index (χ0) is 16.2. The van der Waals surface area contributed by atoms with Crippen molar-refractivity contribution >= 4 is 11.7 Å². The fourth-order valence-corrected chi connectivity index (χ4v) is 2.50. The first-order chi connectivity index (χ1) is 11.2. The van der Waals surface area contributed by atoms with Crippen LogP contribution in [0, 0.1) is 17.1 Å². The van der Waals surface area contributed by atoms with Gasteiger partial charge in [-0.25, -0.2) is 4.39 Å².